The Morgan fingerprint density at radius 1 is 1.03 bits per heavy atom. The molecule has 3 rings (SSSR count). The van der Waals surface area contributed by atoms with Gasteiger partial charge in [0.2, 0.25) is 0 Å². The first-order valence-electron chi connectivity index (χ1n) is 12.0. The van der Waals surface area contributed by atoms with Gasteiger partial charge < -0.3 is 20.6 Å². The molecule has 0 aromatic heterocycles. The molecule has 2 aromatic carbocycles. The van der Waals surface area contributed by atoms with Crippen molar-refractivity contribution in [3.05, 3.63) is 52.6 Å². The standard InChI is InChI=1S/C23H32N4O3S.C2HF3O2/c1-5-8-25-23(28)20-15-19(6-7-21(20)27-11-9-24-10-12-27)26-31(29,30)22-14-17(3)16(2)13-18(22)4;3-2(4,5)1(6)7/h6-7,13-15,24,26H,5,8-12H2,1-4H3,(H,25,28);(H,6,7). The summed E-state index contributed by atoms with van der Waals surface area (Å²) >= 11 is 0. The van der Waals surface area contributed by atoms with E-state index in [0.717, 1.165) is 49.4 Å². The van der Waals surface area contributed by atoms with Crippen LogP contribution < -0.4 is 20.3 Å². The Kier molecular flexibility index (Phi) is 10.5. The van der Waals surface area contributed by atoms with Crippen molar-refractivity contribution < 1.29 is 36.3 Å². The summed E-state index contributed by atoms with van der Waals surface area (Å²) in [5.41, 5.74) is 4.33. The highest BCUT2D eigenvalue weighted by atomic mass is 32.2. The normalized spacial score (nSPS) is 13.8. The monoisotopic (exact) mass is 558 g/mol. The quantitative estimate of drug-likeness (QED) is 0.409. The minimum atomic E-state index is -5.08. The second-order valence-corrected chi connectivity index (χ2v) is 10.5. The zero-order valence-electron chi connectivity index (χ0n) is 21.7. The lowest BCUT2D eigenvalue weighted by molar-refractivity contribution is -0.192. The third kappa shape index (κ3) is 8.35. The number of aliphatic carboxylic acids is 1. The number of anilines is 2. The van der Waals surface area contributed by atoms with E-state index in [-0.39, 0.29) is 10.8 Å². The van der Waals surface area contributed by atoms with Crippen LogP contribution in [0.1, 0.15) is 40.4 Å². The third-order valence-corrected chi connectivity index (χ3v) is 7.33. The number of amides is 1. The maximum atomic E-state index is 13.1. The minimum absolute atomic E-state index is 0.196. The van der Waals surface area contributed by atoms with Crippen LogP contribution in [0.3, 0.4) is 0 Å². The van der Waals surface area contributed by atoms with Crippen LogP contribution >= 0.6 is 0 Å². The number of carboxylic acids is 1. The zero-order valence-corrected chi connectivity index (χ0v) is 22.5. The van der Waals surface area contributed by atoms with Gasteiger partial charge in [-0.05, 0) is 68.1 Å². The summed E-state index contributed by atoms with van der Waals surface area (Å²) in [6, 6.07) is 8.76. The molecule has 0 saturated carbocycles. The predicted octanol–water partition coefficient (Wildman–Crippen LogP) is 3.60. The fraction of sp³-hybridized carbons (Fsp3) is 0.440. The van der Waals surface area contributed by atoms with E-state index < -0.39 is 22.2 Å². The van der Waals surface area contributed by atoms with Gasteiger partial charge in [0.1, 0.15) is 0 Å². The molecule has 1 fully saturated rings. The Morgan fingerprint density at radius 2 is 1.61 bits per heavy atom. The van der Waals surface area contributed by atoms with Crippen molar-refractivity contribution in [3.63, 3.8) is 0 Å². The topological polar surface area (TPSA) is 128 Å². The molecule has 0 aliphatic carbocycles. The van der Waals surface area contributed by atoms with E-state index >= 15 is 0 Å². The largest absolute Gasteiger partial charge is 0.490 e. The molecular formula is C25H33F3N4O5S. The minimum Gasteiger partial charge on any atom is -0.475 e. The summed E-state index contributed by atoms with van der Waals surface area (Å²) in [5, 5.41) is 13.3. The summed E-state index contributed by atoms with van der Waals surface area (Å²) in [4.78, 5) is 24.2. The van der Waals surface area contributed by atoms with Crippen LogP contribution in [0.15, 0.2) is 35.2 Å². The number of carboxylic acid groups (broad SMARTS) is 1. The van der Waals surface area contributed by atoms with Crippen LogP contribution in [-0.2, 0) is 14.8 Å². The van der Waals surface area contributed by atoms with Crippen molar-refractivity contribution in [1.82, 2.24) is 10.6 Å². The van der Waals surface area contributed by atoms with E-state index in [2.05, 4.69) is 20.3 Å². The van der Waals surface area contributed by atoms with Gasteiger partial charge in [-0.25, -0.2) is 13.2 Å². The molecule has 38 heavy (non-hydrogen) atoms. The molecule has 1 heterocycles. The number of rotatable bonds is 7. The smallest absolute Gasteiger partial charge is 0.475 e. The molecule has 4 N–H and O–H groups in total. The van der Waals surface area contributed by atoms with E-state index in [4.69, 9.17) is 9.90 Å². The molecule has 0 unspecified atom stereocenters. The fourth-order valence-corrected chi connectivity index (χ4v) is 5.09. The SMILES string of the molecule is CCCNC(=O)c1cc(NS(=O)(=O)c2cc(C)c(C)cc2C)ccc1N1CCNCC1.O=C(O)C(F)(F)F. The number of carbonyl (C=O) groups is 2. The van der Waals surface area contributed by atoms with E-state index in [9.17, 15) is 26.4 Å². The lowest BCUT2D eigenvalue weighted by Gasteiger charge is -2.31. The van der Waals surface area contributed by atoms with Gasteiger partial charge in [-0.3, -0.25) is 9.52 Å². The first-order valence-corrected chi connectivity index (χ1v) is 13.4. The summed E-state index contributed by atoms with van der Waals surface area (Å²) in [7, 11) is -3.79. The highest BCUT2D eigenvalue weighted by Crippen LogP contribution is 2.28. The average Bonchev–Trinajstić information content (AvgIpc) is 2.84. The maximum Gasteiger partial charge on any atom is 0.490 e. The number of alkyl halides is 3. The van der Waals surface area contributed by atoms with Crippen molar-refractivity contribution in [2.24, 2.45) is 0 Å². The molecule has 0 radical (unpaired) electrons. The van der Waals surface area contributed by atoms with Gasteiger partial charge >= 0.3 is 12.1 Å². The van der Waals surface area contributed by atoms with Gasteiger partial charge in [-0.1, -0.05) is 13.0 Å². The van der Waals surface area contributed by atoms with E-state index in [1.165, 1.54) is 0 Å². The maximum absolute atomic E-state index is 13.1. The molecule has 0 atom stereocenters. The van der Waals surface area contributed by atoms with Gasteiger partial charge in [-0.2, -0.15) is 13.2 Å². The van der Waals surface area contributed by atoms with Crippen molar-refractivity contribution in [2.75, 3.05) is 42.3 Å². The van der Waals surface area contributed by atoms with Gasteiger partial charge in [0.05, 0.1) is 10.5 Å². The molecular weight excluding hydrogens is 525 g/mol. The molecule has 9 nitrogen and oxygen atoms in total. The summed E-state index contributed by atoms with van der Waals surface area (Å²) in [6.07, 6.45) is -4.26. The molecule has 0 spiro atoms. The zero-order chi connectivity index (χ0) is 28.7. The number of nitrogens with one attached hydrogen (secondary N) is 3. The van der Waals surface area contributed by atoms with Crippen LogP contribution in [0.25, 0.3) is 0 Å². The first kappa shape index (κ1) is 30.9. The highest BCUT2D eigenvalue weighted by molar-refractivity contribution is 7.92. The van der Waals surface area contributed by atoms with Gasteiger partial charge in [0.25, 0.3) is 15.9 Å². The van der Waals surface area contributed by atoms with E-state index in [0.29, 0.717) is 23.4 Å². The Bertz CT molecular complexity index is 1260. The van der Waals surface area contributed by atoms with E-state index in [1.54, 1.807) is 25.1 Å². The molecule has 1 saturated heterocycles. The number of piperazine rings is 1. The molecule has 13 heteroatoms. The molecule has 210 valence electrons. The summed E-state index contributed by atoms with van der Waals surface area (Å²) in [5.74, 6) is -2.95. The van der Waals surface area contributed by atoms with Crippen LogP contribution in [0.4, 0.5) is 24.5 Å². The average molecular weight is 559 g/mol. The van der Waals surface area contributed by atoms with Crippen molar-refractivity contribution in [3.8, 4) is 0 Å². The van der Waals surface area contributed by atoms with Crippen LogP contribution in [-0.4, -0.2) is 64.3 Å². The molecule has 1 aliphatic rings. The molecule has 0 bridgehead atoms. The van der Waals surface area contributed by atoms with Gasteiger partial charge in [0.15, 0.2) is 0 Å². The molecule has 1 amide bonds. The first-order chi connectivity index (χ1) is 17.7. The number of benzene rings is 2. The Hall–Kier alpha value is -3.32. The molecule has 2 aromatic rings. The predicted molar refractivity (Wildman–Crippen MR) is 139 cm³/mol. The number of hydrogen-bond acceptors (Lipinski definition) is 6. The second-order valence-electron chi connectivity index (χ2n) is 8.84. The number of sulfonamides is 1. The van der Waals surface area contributed by atoms with E-state index in [1.807, 2.05) is 32.9 Å². The fourth-order valence-electron chi connectivity index (χ4n) is 3.73. The summed E-state index contributed by atoms with van der Waals surface area (Å²) < 4.78 is 60.6. The van der Waals surface area contributed by atoms with Crippen LogP contribution in [0.5, 0.6) is 0 Å². The number of halogens is 3. The lowest BCUT2D eigenvalue weighted by Crippen LogP contribution is -2.44. The van der Waals surface area contributed by atoms with Crippen molar-refractivity contribution in [1.29, 1.82) is 0 Å². The summed E-state index contributed by atoms with van der Waals surface area (Å²) in [6.45, 7) is 11.5. The van der Waals surface area contributed by atoms with Gasteiger partial charge in [0, 0.05) is 44.1 Å². The second kappa shape index (κ2) is 13.0. The number of nitrogens with zero attached hydrogens (tertiary/aromatic N) is 1. The third-order valence-electron chi connectivity index (χ3n) is 5.81. The van der Waals surface area contributed by atoms with Gasteiger partial charge in [-0.15, -0.1) is 0 Å². The van der Waals surface area contributed by atoms with Crippen molar-refractivity contribution in [2.45, 2.75) is 45.2 Å². The Morgan fingerprint density at radius 3 is 2.16 bits per heavy atom. The van der Waals surface area contributed by atoms with Crippen LogP contribution in [0.2, 0.25) is 0 Å². The van der Waals surface area contributed by atoms with Crippen molar-refractivity contribution >= 4 is 33.3 Å². The van der Waals surface area contributed by atoms with Crippen LogP contribution in [0, 0.1) is 20.8 Å². The Balaban J connectivity index is 0.000000638. The number of carbonyl (C=O) groups excluding carboxylic acids is 1. The Labute approximate surface area is 220 Å². The highest BCUT2D eigenvalue weighted by Gasteiger charge is 2.38. The number of aryl methyl sites for hydroxylation is 3. The number of hydrogen-bond donors (Lipinski definition) is 4. The molecule has 1 aliphatic heterocycles. The lowest BCUT2D eigenvalue weighted by atomic mass is 10.1.